The molecular formula is C27H32Cl2N2O6. The molecule has 1 amide bonds. The predicted octanol–water partition coefficient (Wildman–Crippen LogP) is 3.76. The van der Waals surface area contributed by atoms with Crippen molar-refractivity contribution in [3.63, 3.8) is 0 Å². The van der Waals surface area contributed by atoms with Crippen LogP contribution in [-0.2, 0) is 4.74 Å². The van der Waals surface area contributed by atoms with Gasteiger partial charge in [0.25, 0.3) is 0 Å². The summed E-state index contributed by atoms with van der Waals surface area (Å²) in [5.74, 6) is -0.411. The Morgan fingerprint density at radius 3 is 1.97 bits per heavy atom. The fourth-order valence-corrected chi connectivity index (χ4v) is 5.42. The lowest BCUT2D eigenvalue weighted by Crippen LogP contribution is -2.47. The summed E-state index contributed by atoms with van der Waals surface area (Å²) in [5, 5.41) is 3.90. The number of nitrogens with zero attached hydrogens (tertiary/aromatic N) is 1. The average Bonchev–Trinajstić information content (AvgIpc) is 2.88. The summed E-state index contributed by atoms with van der Waals surface area (Å²) in [6, 6.07) is 14.7. The van der Waals surface area contributed by atoms with E-state index in [9.17, 15) is 14.4 Å². The first kappa shape index (κ1) is 30.5. The Labute approximate surface area is 227 Å². The van der Waals surface area contributed by atoms with E-state index in [4.69, 9.17) is 16.3 Å². The molecule has 1 heterocycles. The SMILES string of the molecule is Cl.O.O.O=C1C(OC(=O)N2CCNCC2)=C(C2CCC(c3ccc(Cl)cc3)CC2)C(=O)c2ccccc21. The maximum atomic E-state index is 13.6. The Balaban J connectivity index is 0.00000160. The number of fused-ring (bicyclic) bond motifs is 1. The van der Waals surface area contributed by atoms with Crippen LogP contribution in [0, 0.1) is 5.92 Å². The largest absolute Gasteiger partial charge is 0.415 e. The van der Waals surface area contributed by atoms with Gasteiger partial charge in [0.15, 0.2) is 11.5 Å². The van der Waals surface area contributed by atoms with Gasteiger partial charge >= 0.3 is 6.09 Å². The molecule has 1 saturated carbocycles. The molecule has 5 rings (SSSR count). The smallest absolute Gasteiger partial charge is 0.412 e. The van der Waals surface area contributed by atoms with Crippen molar-refractivity contribution >= 4 is 41.7 Å². The van der Waals surface area contributed by atoms with Gasteiger partial charge in [-0.3, -0.25) is 9.59 Å². The molecule has 2 aliphatic carbocycles. The number of carbonyl (C=O) groups excluding carboxylic acids is 3. The molecule has 2 aromatic rings. The minimum absolute atomic E-state index is 0. The number of allylic oxidation sites excluding steroid dienone is 2. The highest BCUT2D eigenvalue weighted by Crippen LogP contribution is 2.42. The van der Waals surface area contributed by atoms with Crippen LogP contribution in [-0.4, -0.2) is 59.7 Å². The van der Waals surface area contributed by atoms with Crippen molar-refractivity contribution in [1.29, 1.82) is 0 Å². The highest BCUT2D eigenvalue weighted by atomic mass is 35.5. The Morgan fingerprint density at radius 1 is 0.838 bits per heavy atom. The summed E-state index contributed by atoms with van der Waals surface area (Å²) in [7, 11) is 0. The molecule has 10 heteroatoms. The van der Waals surface area contributed by atoms with Crippen molar-refractivity contribution < 1.29 is 30.1 Å². The van der Waals surface area contributed by atoms with Gasteiger partial charge in [-0.2, -0.15) is 0 Å². The molecule has 0 aromatic heterocycles. The maximum Gasteiger partial charge on any atom is 0.415 e. The van der Waals surface area contributed by atoms with E-state index in [0.717, 1.165) is 25.7 Å². The molecule has 1 aliphatic heterocycles. The number of rotatable bonds is 3. The number of piperazine rings is 1. The third kappa shape index (κ3) is 6.22. The molecule has 5 N–H and O–H groups in total. The molecule has 2 aromatic carbocycles. The summed E-state index contributed by atoms with van der Waals surface area (Å²) in [4.78, 5) is 41.5. The summed E-state index contributed by atoms with van der Waals surface area (Å²) in [6.45, 7) is 2.36. The Bertz CT molecular complexity index is 1150. The van der Waals surface area contributed by atoms with Gasteiger partial charge in [-0.05, 0) is 55.2 Å². The van der Waals surface area contributed by atoms with Gasteiger partial charge in [0.1, 0.15) is 0 Å². The quantitative estimate of drug-likeness (QED) is 0.619. The van der Waals surface area contributed by atoms with Crippen LogP contribution in [0.5, 0.6) is 0 Å². The van der Waals surface area contributed by atoms with Crippen LogP contribution in [0.1, 0.15) is 57.9 Å². The van der Waals surface area contributed by atoms with Gasteiger partial charge in [-0.1, -0.05) is 48.0 Å². The highest BCUT2D eigenvalue weighted by Gasteiger charge is 2.40. The van der Waals surface area contributed by atoms with Gasteiger partial charge < -0.3 is 25.9 Å². The van der Waals surface area contributed by atoms with E-state index < -0.39 is 6.09 Å². The number of halogens is 2. The normalized spacial score (nSPS) is 21.2. The fourth-order valence-electron chi connectivity index (χ4n) is 5.29. The molecule has 0 bridgehead atoms. The monoisotopic (exact) mass is 550 g/mol. The van der Waals surface area contributed by atoms with Crippen LogP contribution in [0.25, 0.3) is 0 Å². The van der Waals surface area contributed by atoms with Crippen molar-refractivity contribution in [1.82, 2.24) is 10.2 Å². The topological polar surface area (TPSA) is 139 Å². The zero-order valence-electron chi connectivity index (χ0n) is 20.3. The third-order valence-corrected chi connectivity index (χ3v) is 7.41. The minimum Gasteiger partial charge on any atom is -0.412 e. The fraction of sp³-hybridized carbons (Fsp3) is 0.370. The molecule has 0 spiro atoms. The van der Waals surface area contributed by atoms with Gasteiger partial charge in [-0.15, -0.1) is 12.4 Å². The highest BCUT2D eigenvalue weighted by molar-refractivity contribution is 6.30. The first-order valence-corrected chi connectivity index (χ1v) is 12.3. The van der Waals surface area contributed by atoms with Gasteiger partial charge in [0.2, 0.25) is 5.78 Å². The molecular weight excluding hydrogens is 519 g/mol. The zero-order chi connectivity index (χ0) is 23.7. The summed E-state index contributed by atoms with van der Waals surface area (Å²) < 4.78 is 5.71. The van der Waals surface area contributed by atoms with Crippen molar-refractivity contribution in [2.45, 2.75) is 31.6 Å². The molecule has 0 radical (unpaired) electrons. The van der Waals surface area contributed by atoms with E-state index in [1.165, 1.54) is 5.56 Å². The number of benzene rings is 2. The van der Waals surface area contributed by atoms with E-state index in [1.54, 1.807) is 29.2 Å². The molecule has 1 saturated heterocycles. The summed E-state index contributed by atoms with van der Waals surface area (Å²) in [6.07, 6.45) is 2.71. The first-order valence-electron chi connectivity index (χ1n) is 11.9. The lowest BCUT2D eigenvalue weighted by atomic mass is 9.72. The van der Waals surface area contributed by atoms with Crippen LogP contribution < -0.4 is 5.32 Å². The number of hydrogen-bond donors (Lipinski definition) is 1. The number of hydrogen-bond acceptors (Lipinski definition) is 5. The van der Waals surface area contributed by atoms with Crippen molar-refractivity contribution in [2.75, 3.05) is 26.2 Å². The Kier molecular flexibility index (Phi) is 10.8. The second-order valence-electron chi connectivity index (χ2n) is 9.15. The van der Waals surface area contributed by atoms with Crippen LogP contribution >= 0.6 is 24.0 Å². The van der Waals surface area contributed by atoms with E-state index >= 15 is 0 Å². The van der Waals surface area contributed by atoms with E-state index in [0.29, 0.717) is 53.8 Å². The zero-order valence-corrected chi connectivity index (χ0v) is 21.9. The van der Waals surface area contributed by atoms with E-state index in [2.05, 4.69) is 17.4 Å². The number of nitrogens with one attached hydrogen (secondary N) is 1. The molecule has 8 nitrogen and oxygen atoms in total. The second-order valence-corrected chi connectivity index (χ2v) is 9.59. The first-order chi connectivity index (χ1) is 16.5. The summed E-state index contributed by atoms with van der Waals surface area (Å²) in [5.41, 5.74) is 2.29. The molecule has 3 aliphatic rings. The predicted molar refractivity (Wildman–Crippen MR) is 144 cm³/mol. The van der Waals surface area contributed by atoms with Crippen LogP contribution in [0.2, 0.25) is 5.02 Å². The van der Waals surface area contributed by atoms with Crippen molar-refractivity contribution in [3.8, 4) is 0 Å². The van der Waals surface area contributed by atoms with Gasteiger partial charge in [0, 0.05) is 42.3 Å². The van der Waals surface area contributed by atoms with E-state index in [-0.39, 0.29) is 46.6 Å². The number of ketones is 2. The summed E-state index contributed by atoms with van der Waals surface area (Å²) >= 11 is 6.04. The number of ether oxygens (including phenoxy) is 1. The number of carbonyl (C=O) groups is 3. The Hall–Kier alpha value is -2.75. The molecule has 0 unspecified atom stereocenters. The standard InChI is InChI=1S/C27H27ClN2O4.ClH.2H2O/c28-20-11-9-18(10-12-20)17-5-7-19(8-6-17)23-24(31)21-3-1-2-4-22(21)25(32)26(23)34-27(33)30-15-13-29-14-16-30;;;/h1-4,9-12,17,19,29H,5-8,13-16H2;1H;2*1H2. The molecule has 0 atom stereocenters. The lowest BCUT2D eigenvalue weighted by Gasteiger charge is -2.33. The van der Waals surface area contributed by atoms with Gasteiger partial charge in [-0.25, -0.2) is 4.79 Å². The second kappa shape index (κ2) is 13.2. The van der Waals surface area contributed by atoms with Crippen LogP contribution in [0.15, 0.2) is 59.9 Å². The molecule has 200 valence electrons. The third-order valence-electron chi connectivity index (χ3n) is 7.15. The van der Waals surface area contributed by atoms with Crippen LogP contribution in [0.3, 0.4) is 0 Å². The molecule has 2 fully saturated rings. The lowest BCUT2D eigenvalue weighted by molar-refractivity contribution is 0.0835. The Morgan fingerprint density at radius 2 is 1.38 bits per heavy atom. The minimum atomic E-state index is -0.565. The molecule has 37 heavy (non-hydrogen) atoms. The van der Waals surface area contributed by atoms with Crippen LogP contribution in [0.4, 0.5) is 4.79 Å². The van der Waals surface area contributed by atoms with Crippen molar-refractivity contribution in [3.05, 3.63) is 81.6 Å². The van der Waals surface area contributed by atoms with Crippen molar-refractivity contribution in [2.24, 2.45) is 5.92 Å². The van der Waals surface area contributed by atoms with E-state index in [1.807, 2.05) is 12.1 Å². The number of Topliss-reactive ketones (excluding diaryl/α,β-unsaturated/α-hetero) is 2. The van der Waals surface area contributed by atoms with Gasteiger partial charge in [0.05, 0.1) is 5.57 Å². The maximum absolute atomic E-state index is 13.6. The average molecular weight is 551 g/mol. The number of amides is 1.